The van der Waals surface area contributed by atoms with Crippen molar-refractivity contribution in [3.05, 3.63) is 35.9 Å². The van der Waals surface area contributed by atoms with Crippen molar-refractivity contribution in [3.63, 3.8) is 0 Å². The molecular weight excluding hydrogens is 234 g/mol. The van der Waals surface area contributed by atoms with Gasteiger partial charge in [-0.1, -0.05) is 30.4 Å². The van der Waals surface area contributed by atoms with Crippen LogP contribution in [-0.2, 0) is 0 Å². The van der Waals surface area contributed by atoms with E-state index < -0.39 is 0 Å². The number of rotatable bonds is 9. The standard InChI is InChI=1S/C17H25NO/c1-2-8-15-9-4-5-10-17(15)19-14-7-3-6-13-18-16-11-12-16/h2,4-5,8-10,16,18H,3,6-7,11-14H2,1H3. The normalized spacial score (nSPS) is 15.0. The Morgan fingerprint density at radius 1 is 1.21 bits per heavy atom. The van der Waals surface area contributed by atoms with Gasteiger partial charge in [-0.15, -0.1) is 0 Å². The molecule has 1 aromatic carbocycles. The second kappa shape index (κ2) is 8.00. The lowest BCUT2D eigenvalue weighted by molar-refractivity contribution is 0.304. The quantitative estimate of drug-likeness (QED) is 0.676. The second-order valence-corrected chi connectivity index (χ2v) is 5.18. The van der Waals surface area contributed by atoms with Crippen molar-refractivity contribution in [2.24, 2.45) is 0 Å². The number of nitrogens with one attached hydrogen (secondary N) is 1. The third-order valence-corrected chi connectivity index (χ3v) is 3.35. The van der Waals surface area contributed by atoms with Gasteiger partial charge in [0.05, 0.1) is 6.61 Å². The molecule has 2 heteroatoms. The van der Waals surface area contributed by atoms with Crippen LogP contribution in [0.5, 0.6) is 5.75 Å². The molecule has 19 heavy (non-hydrogen) atoms. The van der Waals surface area contributed by atoms with E-state index in [2.05, 4.69) is 17.5 Å². The van der Waals surface area contributed by atoms with Crippen molar-refractivity contribution in [2.45, 2.75) is 45.1 Å². The smallest absolute Gasteiger partial charge is 0.126 e. The number of para-hydroxylation sites is 1. The van der Waals surface area contributed by atoms with Gasteiger partial charge in [-0.2, -0.15) is 0 Å². The maximum atomic E-state index is 5.86. The first kappa shape index (κ1) is 14.1. The number of unbranched alkanes of at least 4 members (excludes halogenated alkanes) is 2. The van der Waals surface area contributed by atoms with E-state index in [9.17, 15) is 0 Å². The molecule has 0 aromatic heterocycles. The number of allylic oxidation sites excluding steroid dienone is 1. The van der Waals surface area contributed by atoms with E-state index in [1.165, 1.54) is 37.8 Å². The monoisotopic (exact) mass is 259 g/mol. The summed E-state index contributed by atoms with van der Waals surface area (Å²) in [4.78, 5) is 0. The summed E-state index contributed by atoms with van der Waals surface area (Å²) in [6.45, 7) is 4.02. The predicted molar refractivity (Wildman–Crippen MR) is 81.5 cm³/mol. The molecule has 2 rings (SSSR count). The summed E-state index contributed by atoms with van der Waals surface area (Å²) in [6, 6.07) is 9.05. The molecule has 0 radical (unpaired) electrons. The Bertz CT molecular complexity index is 396. The highest BCUT2D eigenvalue weighted by Crippen LogP contribution is 2.20. The maximum Gasteiger partial charge on any atom is 0.126 e. The lowest BCUT2D eigenvalue weighted by Crippen LogP contribution is -2.17. The fraction of sp³-hybridized carbons (Fsp3) is 0.529. The van der Waals surface area contributed by atoms with Crippen LogP contribution in [-0.4, -0.2) is 19.2 Å². The topological polar surface area (TPSA) is 21.3 Å². The van der Waals surface area contributed by atoms with E-state index in [-0.39, 0.29) is 0 Å². The van der Waals surface area contributed by atoms with Gasteiger partial charge < -0.3 is 10.1 Å². The lowest BCUT2D eigenvalue weighted by atomic mass is 10.2. The fourth-order valence-corrected chi connectivity index (χ4v) is 2.11. The zero-order valence-corrected chi connectivity index (χ0v) is 11.9. The third-order valence-electron chi connectivity index (χ3n) is 3.35. The molecule has 104 valence electrons. The van der Waals surface area contributed by atoms with Crippen LogP contribution in [0.2, 0.25) is 0 Å². The zero-order valence-electron chi connectivity index (χ0n) is 11.9. The first-order chi connectivity index (χ1) is 9.40. The molecule has 1 aliphatic rings. The summed E-state index contributed by atoms with van der Waals surface area (Å²) in [6.07, 6.45) is 10.5. The molecule has 2 nitrogen and oxygen atoms in total. The van der Waals surface area contributed by atoms with Crippen LogP contribution >= 0.6 is 0 Å². The summed E-state index contributed by atoms with van der Waals surface area (Å²) in [7, 11) is 0. The van der Waals surface area contributed by atoms with Crippen molar-refractivity contribution >= 4 is 6.08 Å². The van der Waals surface area contributed by atoms with Gasteiger partial charge >= 0.3 is 0 Å². The molecule has 1 saturated carbocycles. The van der Waals surface area contributed by atoms with Gasteiger partial charge in [-0.25, -0.2) is 0 Å². The minimum atomic E-state index is 0.817. The van der Waals surface area contributed by atoms with E-state index in [1.54, 1.807) is 0 Å². The lowest BCUT2D eigenvalue weighted by Gasteiger charge is -2.09. The molecular formula is C17H25NO. The van der Waals surface area contributed by atoms with E-state index in [0.717, 1.165) is 24.8 Å². The fourth-order valence-electron chi connectivity index (χ4n) is 2.11. The van der Waals surface area contributed by atoms with Crippen LogP contribution in [0.15, 0.2) is 30.3 Å². The summed E-state index contributed by atoms with van der Waals surface area (Å²) in [5, 5.41) is 3.54. The van der Waals surface area contributed by atoms with Crippen molar-refractivity contribution < 1.29 is 4.74 Å². The van der Waals surface area contributed by atoms with E-state index in [1.807, 2.05) is 31.2 Å². The highest BCUT2D eigenvalue weighted by Gasteiger charge is 2.19. The number of hydrogen-bond donors (Lipinski definition) is 1. The van der Waals surface area contributed by atoms with Gasteiger partial charge in [0.1, 0.15) is 5.75 Å². The Balaban J connectivity index is 1.59. The van der Waals surface area contributed by atoms with Crippen LogP contribution in [0.25, 0.3) is 6.08 Å². The van der Waals surface area contributed by atoms with Gasteiger partial charge in [-0.3, -0.25) is 0 Å². The van der Waals surface area contributed by atoms with Crippen LogP contribution in [0, 0.1) is 0 Å². The Hall–Kier alpha value is -1.28. The Labute approximate surface area is 116 Å². The van der Waals surface area contributed by atoms with E-state index in [4.69, 9.17) is 4.74 Å². The number of benzene rings is 1. The van der Waals surface area contributed by atoms with Crippen molar-refractivity contribution in [1.29, 1.82) is 0 Å². The largest absolute Gasteiger partial charge is 0.493 e. The molecule has 0 unspecified atom stereocenters. The molecule has 0 aliphatic heterocycles. The molecule has 0 heterocycles. The molecule has 0 bridgehead atoms. The van der Waals surface area contributed by atoms with Crippen LogP contribution in [0.4, 0.5) is 0 Å². The average Bonchev–Trinajstić information content (AvgIpc) is 3.24. The molecule has 0 amide bonds. The molecule has 1 N–H and O–H groups in total. The second-order valence-electron chi connectivity index (χ2n) is 5.18. The molecule has 1 aliphatic carbocycles. The van der Waals surface area contributed by atoms with Crippen molar-refractivity contribution in [1.82, 2.24) is 5.32 Å². The SMILES string of the molecule is CC=Cc1ccccc1OCCCCCNC1CC1. The van der Waals surface area contributed by atoms with Gasteiger partial charge in [0, 0.05) is 11.6 Å². The number of hydrogen-bond acceptors (Lipinski definition) is 2. The number of ether oxygens (including phenoxy) is 1. The minimum Gasteiger partial charge on any atom is -0.493 e. The molecule has 0 atom stereocenters. The molecule has 0 spiro atoms. The molecule has 0 saturated heterocycles. The Kier molecular flexibility index (Phi) is 5.96. The summed E-state index contributed by atoms with van der Waals surface area (Å²) in [5.74, 6) is 0.997. The zero-order chi connectivity index (χ0) is 13.3. The van der Waals surface area contributed by atoms with Crippen molar-refractivity contribution in [2.75, 3.05) is 13.2 Å². The highest BCUT2D eigenvalue weighted by atomic mass is 16.5. The Morgan fingerprint density at radius 2 is 2.05 bits per heavy atom. The van der Waals surface area contributed by atoms with Crippen molar-refractivity contribution in [3.8, 4) is 5.75 Å². The first-order valence-electron chi connectivity index (χ1n) is 7.48. The highest BCUT2D eigenvalue weighted by molar-refractivity contribution is 5.56. The summed E-state index contributed by atoms with van der Waals surface area (Å²) >= 11 is 0. The third kappa shape index (κ3) is 5.48. The first-order valence-corrected chi connectivity index (χ1v) is 7.48. The van der Waals surface area contributed by atoms with E-state index in [0.29, 0.717) is 0 Å². The predicted octanol–water partition coefficient (Wildman–Crippen LogP) is 4.02. The van der Waals surface area contributed by atoms with Gasteiger partial charge in [-0.05, 0) is 51.6 Å². The maximum absolute atomic E-state index is 5.86. The average molecular weight is 259 g/mol. The summed E-state index contributed by atoms with van der Waals surface area (Å²) < 4.78 is 5.86. The molecule has 1 fully saturated rings. The Morgan fingerprint density at radius 3 is 2.84 bits per heavy atom. The molecule has 1 aromatic rings. The van der Waals surface area contributed by atoms with Crippen LogP contribution in [0.3, 0.4) is 0 Å². The van der Waals surface area contributed by atoms with Gasteiger partial charge in [0.15, 0.2) is 0 Å². The minimum absolute atomic E-state index is 0.817. The summed E-state index contributed by atoms with van der Waals surface area (Å²) in [5.41, 5.74) is 1.17. The van der Waals surface area contributed by atoms with E-state index >= 15 is 0 Å². The van der Waals surface area contributed by atoms with Gasteiger partial charge in [0.2, 0.25) is 0 Å². The van der Waals surface area contributed by atoms with Gasteiger partial charge in [0.25, 0.3) is 0 Å². The van der Waals surface area contributed by atoms with Crippen LogP contribution in [0.1, 0.15) is 44.6 Å². The van der Waals surface area contributed by atoms with Crippen LogP contribution < -0.4 is 10.1 Å².